The van der Waals surface area contributed by atoms with Gasteiger partial charge in [-0.3, -0.25) is 9.59 Å². The molecule has 1 aliphatic carbocycles. The fraction of sp³-hybridized carbons (Fsp3) is 0.320. The number of nitrogens with two attached hydrogens (primary N) is 1. The van der Waals surface area contributed by atoms with Gasteiger partial charge in [-0.1, -0.05) is 13.0 Å². The highest BCUT2D eigenvalue weighted by molar-refractivity contribution is 9.10. The molecule has 2 fully saturated rings. The summed E-state index contributed by atoms with van der Waals surface area (Å²) in [5.41, 5.74) is 6.88. The van der Waals surface area contributed by atoms with E-state index in [1.807, 2.05) is 0 Å². The number of likely N-dealkylation sites (tertiary alicyclic amines) is 1. The molecule has 6 rings (SSSR count). The smallest absolute Gasteiger partial charge is 0.248 e. The van der Waals surface area contributed by atoms with Crippen LogP contribution in [0.25, 0.3) is 21.9 Å². The van der Waals surface area contributed by atoms with Crippen LogP contribution in [0.15, 0.2) is 41.3 Å². The summed E-state index contributed by atoms with van der Waals surface area (Å²) in [5.74, 6) is -0.473. The number of pyridine rings is 1. The number of fused-ring (bicyclic) bond motifs is 4. The lowest BCUT2D eigenvalue weighted by Gasteiger charge is -2.27. The highest BCUT2D eigenvalue weighted by atomic mass is 79.9. The molecule has 3 aromatic heterocycles. The van der Waals surface area contributed by atoms with Crippen LogP contribution in [0.3, 0.4) is 0 Å². The number of rotatable bonds is 5. The van der Waals surface area contributed by atoms with Gasteiger partial charge >= 0.3 is 0 Å². The summed E-state index contributed by atoms with van der Waals surface area (Å²) in [4.78, 5) is 41.4. The Kier molecular flexibility index (Phi) is 5.34. The largest absolute Gasteiger partial charge is 0.494 e. The summed E-state index contributed by atoms with van der Waals surface area (Å²) in [7, 11) is 1.38. The van der Waals surface area contributed by atoms with Crippen molar-refractivity contribution in [2.24, 2.45) is 5.41 Å². The zero-order valence-electron chi connectivity index (χ0n) is 20.0. The van der Waals surface area contributed by atoms with Crippen LogP contribution in [-0.2, 0) is 16.1 Å². The third kappa shape index (κ3) is 3.78. The number of methoxy groups -OCH3 is 1. The average Bonchev–Trinajstić information content (AvgIpc) is 3.28. The van der Waals surface area contributed by atoms with E-state index in [4.69, 9.17) is 10.5 Å². The van der Waals surface area contributed by atoms with Gasteiger partial charge in [0.1, 0.15) is 40.8 Å². The molecule has 1 saturated heterocycles. The monoisotopic (exact) mass is 567 g/mol. The normalized spacial score (nSPS) is 22.3. The zero-order valence-corrected chi connectivity index (χ0v) is 21.6. The number of halogens is 2. The van der Waals surface area contributed by atoms with E-state index in [1.165, 1.54) is 25.6 Å². The minimum atomic E-state index is -0.651. The van der Waals surface area contributed by atoms with E-state index < -0.39 is 11.9 Å². The molecule has 12 heteroatoms. The molecule has 3 N–H and O–H groups in total. The van der Waals surface area contributed by atoms with Gasteiger partial charge in [0.25, 0.3) is 0 Å². The highest BCUT2D eigenvalue weighted by Gasteiger charge is 2.64. The first-order valence-electron chi connectivity index (χ1n) is 11.7. The van der Waals surface area contributed by atoms with Gasteiger partial charge in [-0.2, -0.15) is 0 Å². The number of hydrogen-bond acceptors (Lipinski definition) is 7. The minimum absolute atomic E-state index is 0.0455. The number of anilines is 2. The predicted octanol–water partition coefficient (Wildman–Crippen LogP) is 3.49. The van der Waals surface area contributed by atoms with Gasteiger partial charge in [0.2, 0.25) is 11.8 Å². The molecule has 2 amide bonds. The number of carbonyl (C=O) groups excluding carboxylic acids is 2. The molecule has 3 atom stereocenters. The van der Waals surface area contributed by atoms with Gasteiger partial charge in [-0.05, 0) is 52.4 Å². The Morgan fingerprint density at radius 1 is 1.30 bits per heavy atom. The first kappa shape index (κ1) is 23.6. The molecule has 1 aromatic carbocycles. The molecule has 1 aliphatic heterocycles. The Bertz CT molecular complexity index is 1610. The van der Waals surface area contributed by atoms with Gasteiger partial charge in [0.05, 0.1) is 18.0 Å². The minimum Gasteiger partial charge on any atom is -0.494 e. The van der Waals surface area contributed by atoms with Crippen LogP contribution in [0.4, 0.5) is 16.0 Å². The molecular weight excluding hydrogens is 545 g/mol. The molecule has 190 valence electrons. The molecule has 4 heterocycles. The van der Waals surface area contributed by atoms with Crippen LogP contribution in [0, 0.1) is 11.2 Å². The van der Waals surface area contributed by atoms with Crippen molar-refractivity contribution in [3.8, 4) is 5.75 Å². The van der Waals surface area contributed by atoms with Crippen LogP contribution in [0.5, 0.6) is 5.75 Å². The van der Waals surface area contributed by atoms with E-state index in [0.29, 0.717) is 38.8 Å². The number of nitrogens with zero attached hydrogens (tertiary/aromatic N) is 5. The maximum atomic E-state index is 14.7. The van der Waals surface area contributed by atoms with Crippen LogP contribution in [-0.4, -0.2) is 55.4 Å². The Balaban J connectivity index is 1.36. The first-order valence-corrected chi connectivity index (χ1v) is 12.5. The lowest BCUT2D eigenvalue weighted by Crippen LogP contribution is -2.46. The number of piperidine rings is 1. The van der Waals surface area contributed by atoms with Crippen LogP contribution < -0.4 is 15.8 Å². The Hall–Kier alpha value is -3.80. The van der Waals surface area contributed by atoms with Crippen molar-refractivity contribution in [3.63, 3.8) is 0 Å². The van der Waals surface area contributed by atoms with E-state index in [2.05, 4.69) is 43.1 Å². The number of hydrogen-bond donors (Lipinski definition) is 2. The Morgan fingerprint density at radius 3 is 2.86 bits per heavy atom. The maximum absolute atomic E-state index is 14.7. The lowest BCUT2D eigenvalue weighted by molar-refractivity contribution is -0.138. The quantitative estimate of drug-likeness (QED) is 0.353. The summed E-state index contributed by atoms with van der Waals surface area (Å²) < 4.78 is 22.1. The van der Waals surface area contributed by atoms with Crippen LogP contribution >= 0.6 is 15.9 Å². The number of ether oxygens (including phenoxy) is 1. The Labute approximate surface area is 219 Å². The molecule has 10 nitrogen and oxygen atoms in total. The molecule has 4 aromatic rings. The highest BCUT2D eigenvalue weighted by Crippen LogP contribution is 2.59. The number of aromatic nitrogens is 4. The van der Waals surface area contributed by atoms with Crippen molar-refractivity contribution >= 4 is 61.3 Å². The molecule has 37 heavy (non-hydrogen) atoms. The van der Waals surface area contributed by atoms with Gasteiger partial charge in [-0.15, -0.1) is 0 Å². The second-order valence-electron chi connectivity index (χ2n) is 9.78. The lowest BCUT2D eigenvalue weighted by atomic mass is 10.0. The predicted molar refractivity (Wildman–Crippen MR) is 138 cm³/mol. The Morgan fingerprint density at radius 2 is 2.11 bits per heavy atom. The van der Waals surface area contributed by atoms with Gasteiger partial charge < -0.3 is 25.3 Å². The molecule has 1 saturated carbocycles. The molecule has 0 bridgehead atoms. The fourth-order valence-corrected chi connectivity index (χ4v) is 5.86. The topological polar surface area (TPSA) is 128 Å². The summed E-state index contributed by atoms with van der Waals surface area (Å²) in [5, 5.41) is 3.92. The van der Waals surface area contributed by atoms with Crippen LogP contribution in [0.2, 0.25) is 0 Å². The SMILES string of the molecule is COc1cc2c3c(N)ncnc3n(CC(=O)N3C4C[C@]4(C)C[C@H]3C(=O)Nc3cccc(Br)n3)c2cc1F. The fourth-order valence-electron chi connectivity index (χ4n) is 5.51. The molecular formula is C25H23BrFN7O3. The van der Waals surface area contributed by atoms with Crippen molar-refractivity contribution in [2.45, 2.75) is 38.4 Å². The average molecular weight is 568 g/mol. The third-order valence-electron chi connectivity index (χ3n) is 7.43. The summed E-state index contributed by atoms with van der Waals surface area (Å²) in [6.07, 6.45) is 2.68. The second-order valence-corrected chi connectivity index (χ2v) is 10.6. The van der Waals surface area contributed by atoms with E-state index in [9.17, 15) is 14.0 Å². The zero-order chi connectivity index (χ0) is 26.1. The van der Waals surface area contributed by atoms with Crippen molar-refractivity contribution in [1.29, 1.82) is 0 Å². The second kappa shape index (κ2) is 8.37. The van der Waals surface area contributed by atoms with Crippen molar-refractivity contribution in [3.05, 3.63) is 47.1 Å². The number of carbonyl (C=O) groups is 2. The number of nitrogens with one attached hydrogen (secondary N) is 1. The molecule has 2 aliphatic rings. The standard InChI is InChI=1S/C25H23BrFN7O3/c1-25-8-15(24(36)32-19-5-3-4-18(26)31-19)34(17(25)9-25)20(35)10-33-14-7-13(27)16(37-2)6-12(14)21-22(28)29-11-30-23(21)33/h3-7,11,15,17H,8-10H2,1-2H3,(H2,28,29,30)(H,31,32,36)/t15-,17?,25-/m0/s1. The maximum Gasteiger partial charge on any atom is 0.248 e. The van der Waals surface area contributed by atoms with Crippen molar-refractivity contribution < 1.29 is 18.7 Å². The van der Waals surface area contributed by atoms with Crippen molar-refractivity contribution in [1.82, 2.24) is 24.4 Å². The summed E-state index contributed by atoms with van der Waals surface area (Å²) in [6, 6.07) is 7.36. The number of amides is 2. The summed E-state index contributed by atoms with van der Waals surface area (Å²) >= 11 is 3.30. The van der Waals surface area contributed by atoms with Gasteiger partial charge in [0.15, 0.2) is 11.6 Å². The summed E-state index contributed by atoms with van der Waals surface area (Å²) in [6.45, 7) is 1.94. The molecule has 1 unspecified atom stereocenters. The first-order chi connectivity index (χ1) is 17.7. The third-order valence-corrected chi connectivity index (χ3v) is 7.87. The molecule has 0 spiro atoms. The van der Waals surface area contributed by atoms with E-state index in [-0.39, 0.29) is 41.4 Å². The van der Waals surface area contributed by atoms with E-state index in [1.54, 1.807) is 27.7 Å². The van der Waals surface area contributed by atoms with Gasteiger partial charge in [-0.25, -0.2) is 19.3 Å². The van der Waals surface area contributed by atoms with Crippen molar-refractivity contribution in [2.75, 3.05) is 18.2 Å². The van der Waals surface area contributed by atoms with Crippen LogP contribution in [0.1, 0.15) is 19.8 Å². The number of nitrogen functional groups attached to an aromatic ring is 1. The van der Waals surface area contributed by atoms with Gasteiger partial charge in [0, 0.05) is 17.5 Å². The number of benzene rings is 1. The van der Waals surface area contributed by atoms with E-state index in [0.717, 1.165) is 6.42 Å². The van der Waals surface area contributed by atoms with E-state index >= 15 is 0 Å². The molecule has 0 radical (unpaired) electrons.